The average Bonchev–Trinajstić information content (AvgIpc) is 3.11. The SMILES string of the molecule is COc1cccc(S(=O)(=O)c2cn(CCN)c3sccc23)c1. The van der Waals surface area contributed by atoms with Gasteiger partial charge in [-0.25, -0.2) is 8.42 Å². The summed E-state index contributed by atoms with van der Waals surface area (Å²) in [6, 6.07) is 8.34. The molecule has 0 amide bonds. The third-order valence-electron chi connectivity index (χ3n) is 3.46. The smallest absolute Gasteiger partial charge is 0.208 e. The van der Waals surface area contributed by atoms with E-state index in [1.165, 1.54) is 24.5 Å². The van der Waals surface area contributed by atoms with Crippen molar-refractivity contribution < 1.29 is 13.2 Å². The molecule has 0 saturated carbocycles. The van der Waals surface area contributed by atoms with Gasteiger partial charge in [-0.1, -0.05) is 6.07 Å². The number of rotatable bonds is 5. The number of fused-ring (bicyclic) bond motifs is 1. The fraction of sp³-hybridized carbons (Fsp3) is 0.200. The summed E-state index contributed by atoms with van der Waals surface area (Å²) >= 11 is 1.51. The Balaban J connectivity index is 2.18. The largest absolute Gasteiger partial charge is 0.497 e. The molecular formula is C15H16N2O3S2. The van der Waals surface area contributed by atoms with E-state index in [1.807, 2.05) is 16.0 Å². The van der Waals surface area contributed by atoms with Crippen molar-refractivity contribution in [3.05, 3.63) is 41.9 Å². The van der Waals surface area contributed by atoms with Gasteiger partial charge in [-0.15, -0.1) is 11.3 Å². The minimum atomic E-state index is -3.60. The van der Waals surface area contributed by atoms with Crippen LogP contribution >= 0.6 is 11.3 Å². The molecule has 116 valence electrons. The molecule has 0 aliphatic heterocycles. The van der Waals surface area contributed by atoms with Crippen molar-refractivity contribution in [2.75, 3.05) is 13.7 Å². The number of ether oxygens (including phenoxy) is 1. The van der Waals surface area contributed by atoms with Crippen molar-refractivity contribution in [3.63, 3.8) is 0 Å². The summed E-state index contributed by atoms with van der Waals surface area (Å²) in [6.07, 6.45) is 1.67. The highest BCUT2D eigenvalue weighted by Gasteiger charge is 2.24. The van der Waals surface area contributed by atoms with Crippen LogP contribution in [-0.4, -0.2) is 26.6 Å². The van der Waals surface area contributed by atoms with Crippen LogP contribution in [0.4, 0.5) is 0 Å². The van der Waals surface area contributed by atoms with Crippen molar-refractivity contribution in [1.29, 1.82) is 0 Å². The monoisotopic (exact) mass is 336 g/mol. The van der Waals surface area contributed by atoms with Gasteiger partial charge in [0, 0.05) is 24.7 Å². The van der Waals surface area contributed by atoms with Crippen LogP contribution in [0.2, 0.25) is 0 Å². The lowest BCUT2D eigenvalue weighted by atomic mass is 10.3. The predicted molar refractivity (Wildman–Crippen MR) is 87.3 cm³/mol. The van der Waals surface area contributed by atoms with Gasteiger partial charge in [-0.05, 0) is 29.6 Å². The molecule has 5 nitrogen and oxygen atoms in total. The maximum atomic E-state index is 12.9. The van der Waals surface area contributed by atoms with Crippen molar-refractivity contribution >= 4 is 31.4 Å². The van der Waals surface area contributed by atoms with Gasteiger partial charge in [0.1, 0.15) is 10.6 Å². The second kappa shape index (κ2) is 5.75. The molecule has 0 aliphatic rings. The van der Waals surface area contributed by atoms with Crippen LogP contribution in [0.15, 0.2) is 51.7 Å². The van der Waals surface area contributed by atoms with E-state index < -0.39 is 9.84 Å². The molecule has 0 bridgehead atoms. The highest BCUT2D eigenvalue weighted by molar-refractivity contribution is 7.91. The van der Waals surface area contributed by atoms with Crippen molar-refractivity contribution in [3.8, 4) is 5.75 Å². The number of nitrogens with zero attached hydrogens (tertiary/aromatic N) is 1. The van der Waals surface area contributed by atoms with Crippen LogP contribution in [0.3, 0.4) is 0 Å². The molecular weight excluding hydrogens is 320 g/mol. The fourth-order valence-corrected chi connectivity index (χ4v) is 4.88. The third kappa shape index (κ3) is 2.41. The molecule has 22 heavy (non-hydrogen) atoms. The fourth-order valence-electron chi connectivity index (χ4n) is 2.40. The molecule has 3 aromatic rings. The number of hydrogen-bond acceptors (Lipinski definition) is 5. The Bertz CT molecular complexity index is 910. The Kier molecular flexibility index (Phi) is 3.94. The lowest BCUT2D eigenvalue weighted by Crippen LogP contribution is -2.08. The molecule has 0 spiro atoms. The van der Waals surface area contributed by atoms with Gasteiger partial charge in [0.25, 0.3) is 0 Å². The van der Waals surface area contributed by atoms with E-state index in [0.717, 1.165) is 10.2 Å². The van der Waals surface area contributed by atoms with E-state index in [0.29, 0.717) is 23.7 Å². The molecule has 3 rings (SSSR count). The number of sulfone groups is 1. The van der Waals surface area contributed by atoms with Crippen molar-refractivity contribution in [2.24, 2.45) is 5.73 Å². The molecule has 1 aromatic carbocycles. The molecule has 2 N–H and O–H groups in total. The first-order chi connectivity index (χ1) is 10.6. The molecule has 2 aromatic heterocycles. The molecule has 0 aliphatic carbocycles. The number of nitrogens with two attached hydrogens (primary N) is 1. The Labute approximate surface area is 132 Å². The second-order valence-electron chi connectivity index (χ2n) is 4.80. The Hall–Kier alpha value is -1.83. The van der Waals surface area contributed by atoms with E-state index in [1.54, 1.807) is 24.4 Å². The van der Waals surface area contributed by atoms with Crippen LogP contribution in [0.1, 0.15) is 0 Å². The molecule has 0 saturated heterocycles. The first kappa shape index (κ1) is 15.1. The van der Waals surface area contributed by atoms with E-state index in [-0.39, 0.29) is 4.90 Å². The topological polar surface area (TPSA) is 74.3 Å². The molecule has 0 atom stereocenters. The highest BCUT2D eigenvalue weighted by atomic mass is 32.2. The predicted octanol–water partition coefficient (Wildman–Crippen LogP) is 2.50. The Morgan fingerprint density at radius 1 is 1.32 bits per heavy atom. The maximum absolute atomic E-state index is 12.9. The summed E-state index contributed by atoms with van der Waals surface area (Å²) in [5.41, 5.74) is 5.61. The summed E-state index contributed by atoms with van der Waals surface area (Å²) in [5, 5.41) is 2.63. The minimum absolute atomic E-state index is 0.227. The van der Waals surface area contributed by atoms with Gasteiger partial charge >= 0.3 is 0 Å². The summed E-state index contributed by atoms with van der Waals surface area (Å²) < 4.78 is 32.9. The first-order valence-electron chi connectivity index (χ1n) is 6.73. The van der Waals surface area contributed by atoms with Gasteiger partial charge in [0.2, 0.25) is 9.84 Å². The quantitative estimate of drug-likeness (QED) is 0.777. The van der Waals surface area contributed by atoms with E-state index in [9.17, 15) is 8.42 Å². The van der Waals surface area contributed by atoms with E-state index in [4.69, 9.17) is 10.5 Å². The summed E-state index contributed by atoms with van der Waals surface area (Å²) in [4.78, 5) is 1.46. The van der Waals surface area contributed by atoms with E-state index >= 15 is 0 Å². The summed E-state index contributed by atoms with van der Waals surface area (Å²) in [6.45, 7) is 1.05. The lowest BCUT2D eigenvalue weighted by Gasteiger charge is -2.05. The molecule has 7 heteroatoms. The van der Waals surface area contributed by atoms with Crippen molar-refractivity contribution in [2.45, 2.75) is 16.3 Å². The Morgan fingerprint density at radius 2 is 2.14 bits per heavy atom. The summed E-state index contributed by atoms with van der Waals surface area (Å²) in [5.74, 6) is 0.518. The Morgan fingerprint density at radius 3 is 2.86 bits per heavy atom. The van der Waals surface area contributed by atoms with Crippen LogP contribution in [0.5, 0.6) is 5.75 Å². The summed E-state index contributed by atoms with van der Waals surface area (Å²) in [7, 11) is -2.09. The van der Waals surface area contributed by atoms with Crippen LogP contribution in [0, 0.1) is 0 Å². The van der Waals surface area contributed by atoms with Crippen LogP contribution < -0.4 is 10.5 Å². The zero-order chi connectivity index (χ0) is 15.7. The average molecular weight is 336 g/mol. The highest BCUT2D eigenvalue weighted by Crippen LogP contribution is 2.33. The molecule has 0 radical (unpaired) electrons. The van der Waals surface area contributed by atoms with Gasteiger partial charge in [-0.3, -0.25) is 0 Å². The zero-order valence-electron chi connectivity index (χ0n) is 12.0. The van der Waals surface area contributed by atoms with Gasteiger partial charge in [-0.2, -0.15) is 0 Å². The third-order valence-corrected chi connectivity index (χ3v) is 6.18. The zero-order valence-corrected chi connectivity index (χ0v) is 13.7. The van der Waals surface area contributed by atoms with Gasteiger partial charge in [0.15, 0.2) is 0 Å². The normalized spacial score (nSPS) is 11.9. The molecule has 2 heterocycles. The van der Waals surface area contributed by atoms with Gasteiger partial charge < -0.3 is 15.0 Å². The van der Waals surface area contributed by atoms with Gasteiger partial charge in [0.05, 0.1) is 16.9 Å². The van der Waals surface area contributed by atoms with Crippen LogP contribution in [-0.2, 0) is 16.4 Å². The number of benzene rings is 1. The van der Waals surface area contributed by atoms with Crippen molar-refractivity contribution in [1.82, 2.24) is 4.57 Å². The minimum Gasteiger partial charge on any atom is -0.497 e. The number of thiophene rings is 1. The van der Waals surface area contributed by atoms with E-state index in [2.05, 4.69) is 0 Å². The number of hydrogen-bond donors (Lipinski definition) is 1. The molecule has 0 fully saturated rings. The first-order valence-corrected chi connectivity index (χ1v) is 9.09. The lowest BCUT2D eigenvalue weighted by molar-refractivity contribution is 0.413. The second-order valence-corrected chi connectivity index (χ2v) is 7.61. The number of aromatic nitrogens is 1. The standard InChI is InChI=1S/C15H16N2O3S2/c1-20-11-3-2-4-12(9-11)22(18,19)14-10-17(7-6-16)15-13(14)5-8-21-15/h2-5,8-10H,6-7,16H2,1H3. The van der Waals surface area contributed by atoms with Crippen LogP contribution in [0.25, 0.3) is 10.2 Å². The maximum Gasteiger partial charge on any atom is 0.208 e. The number of methoxy groups -OCH3 is 1. The molecule has 0 unspecified atom stereocenters.